The summed E-state index contributed by atoms with van der Waals surface area (Å²) < 4.78 is 10.9. The number of fused-ring (bicyclic) bond motifs is 1. The Morgan fingerprint density at radius 1 is 1.21 bits per heavy atom. The molecule has 1 aromatic heterocycles. The molecule has 0 fully saturated rings. The normalized spacial score (nSPS) is 10.8. The van der Waals surface area contributed by atoms with Gasteiger partial charge in [0.15, 0.2) is 5.58 Å². The second-order valence-corrected chi connectivity index (χ2v) is 4.98. The number of hydrogen-bond donors (Lipinski definition) is 1. The topological polar surface area (TPSA) is 59.7 Å². The maximum atomic E-state index is 11.3. The van der Waals surface area contributed by atoms with Crippen LogP contribution < -0.4 is 9.68 Å². The van der Waals surface area contributed by atoms with Crippen molar-refractivity contribution in [1.82, 2.24) is 0 Å². The molecule has 1 N–H and O–H groups in total. The zero-order valence-electron chi connectivity index (χ0n) is 10.0. The molecule has 0 amide bonds. The molecule has 1 heterocycles. The third kappa shape index (κ3) is 2.08. The lowest BCUT2D eigenvalue weighted by Crippen LogP contribution is -1.84. The van der Waals surface area contributed by atoms with E-state index in [1.54, 1.807) is 13.2 Å². The summed E-state index contributed by atoms with van der Waals surface area (Å²) in [6.07, 6.45) is 0. The molecule has 3 aromatic rings. The Morgan fingerprint density at radius 2 is 1.95 bits per heavy atom. The number of hydrogen-bond acceptors (Lipinski definition) is 5. The van der Waals surface area contributed by atoms with E-state index in [4.69, 9.17) is 9.15 Å². The first-order valence-corrected chi connectivity index (χ1v) is 6.40. The van der Waals surface area contributed by atoms with Crippen LogP contribution in [0.25, 0.3) is 21.4 Å². The summed E-state index contributed by atoms with van der Waals surface area (Å²) in [5.41, 5.74) is 2.04. The van der Waals surface area contributed by atoms with E-state index < -0.39 is 0 Å². The van der Waals surface area contributed by atoms with Gasteiger partial charge < -0.3 is 14.3 Å². The van der Waals surface area contributed by atoms with Crippen molar-refractivity contribution >= 4 is 21.6 Å². The molecule has 0 aliphatic rings. The Morgan fingerprint density at radius 3 is 2.63 bits per heavy atom. The first-order valence-electron chi connectivity index (χ1n) is 5.58. The Hall–Kier alpha value is -2.27. The molecule has 0 saturated carbocycles. The van der Waals surface area contributed by atoms with Gasteiger partial charge >= 0.3 is 4.94 Å². The van der Waals surface area contributed by atoms with Gasteiger partial charge in [-0.3, -0.25) is 0 Å². The molecule has 4 nitrogen and oxygen atoms in total. The summed E-state index contributed by atoms with van der Waals surface area (Å²) in [4.78, 5) is 11.0. The van der Waals surface area contributed by atoms with Gasteiger partial charge in [-0.25, -0.2) is 4.79 Å². The van der Waals surface area contributed by atoms with Gasteiger partial charge in [-0.2, -0.15) is 0 Å². The van der Waals surface area contributed by atoms with Crippen molar-refractivity contribution in [3.63, 3.8) is 0 Å². The molecule has 5 heteroatoms. The van der Waals surface area contributed by atoms with E-state index in [0.717, 1.165) is 22.6 Å². The lowest BCUT2D eigenvalue weighted by atomic mass is 10.0. The summed E-state index contributed by atoms with van der Waals surface area (Å²) >= 11 is 0.976. The molecule has 2 aromatic carbocycles. The highest BCUT2D eigenvalue weighted by Crippen LogP contribution is 2.34. The first-order chi connectivity index (χ1) is 9.17. The molecule has 0 spiro atoms. The molecule has 0 unspecified atom stereocenters. The van der Waals surface area contributed by atoms with Crippen molar-refractivity contribution in [3.8, 4) is 22.6 Å². The number of methoxy groups -OCH3 is 1. The number of phenols is 1. The fourth-order valence-corrected chi connectivity index (χ4v) is 2.68. The predicted molar refractivity (Wildman–Crippen MR) is 74.0 cm³/mol. The highest BCUT2D eigenvalue weighted by Gasteiger charge is 2.12. The van der Waals surface area contributed by atoms with E-state index >= 15 is 0 Å². The Kier molecular flexibility index (Phi) is 2.76. The monoisotopic (exact) mass is 274 g/mol. The first kappa shape index (κ1) is 11.8. The molecule has 0 aliphatic heterocycles. The van der Waals surface area contributed by atoms with Gasteiger partial charge in [0.1, 0.15) is 11.5 Å². The number of phenolic OH excluding ortho intramolecular Hbond substituents is 1. The van der Waals surface area contributed by atoms with Crippen molar-refractivity contribution in [1.29, 1.82) is 0 Å². The fraction of sp³-hybridized carbons (Fsp3) is 0.0714. The van der Waals surface area contributed by atoms with Gasteiger partial charge in [-0.05, 0) is 23.8 Å². The molecule has 0 radical (unpaired) electrons. The minimum atomic E-state index is -0.379. The van der Waals surface area contributed by atoms with Gasteiger partial charge in [0.25, 0.3) is 0 Å². The highest BCUT2D eigenvalue weighted by atomic mass is 32.1. The van der Waals surface area contributed by atoms with Crippen LogP contribution in [-0.4, -0.2) is 12.2 Å². The summed E-state index contributed by atoms with van der Waals surface area (Å²) in [6, 6.07) is 10.4. The summed E-state index contributed by atoms with van der Waals surface area (Å²) in [5.74, 6) is 0.849. The third-order valence-corrected chi connectivity index (χ3v) is 3.59. The molecule has 0 aliphatic carbocycles. The highest BCUT2D eigenvalue weighted by molar-refractivity contribution is 7.16. The Bertz CT molecular complexity index is 783. The molecule has 0 bridgehead atoms. The molecule has 0 atom stereocenters. The zero-order chi connectivity index (χ0) is 13.4. The standard InChI is InChI=1S/C14H10O4S/c1-17-10-4-2-8(3-5-10)11-6-9(15)7-12-13(11)18-14(16)19-12/h2-7,15H,1H3. The second kappa shape index (κ2) is 4.44. The van der Waals surface area contributed by atoms with Crippen LogP contribution in [0.4, 0.5) is 0 Å². The smallest absolute Gasteiger partial charge is 0.396 e. The third-order valence-electron chi connectivity index (χ3n) is 2.82. The average Bonchev–Trinajstić information content (AvgIpc) is 2.78. The Balaban J connectivity index is 2.25. The van der Waals surface area contributed by atoms with E-state index in [1.807, 2.05) is 24.3 Å². The van der Waals surface area contributed by atoms with E-state index in [0.29, 0.717) is 15.8 Å². The van der Waals surface area contributed by atoms with E-state index in [2.05, 4.69) is 0 Å². The number of rotatable bonds is 2. The average molecular weight is 274 g/mol. The lowest BCUT2D eigenvalue weighted by molar-refractivity contribution is 0.415. The van der Waals surface area contributed by atoms with Crippen molar-refractivity contribution in [2.45, 2.75) is 0 Å². The maximum absolute atomic E-state index is 11.3. The molecular weight excluding hydrogens is 264 g/mol. The summed E-state index contributed by atoms with van der Waals surface area (Å²) in [5, 5.41) is 9.72. The lowest BCUT2D eigenvalue weighted by Gasteiger charge is -2.05. The number of benzene rings is 2. The number of aromatic hydroxyl groups is 1. The van der Waals surface area contributed by atoms with Crippen molar-refractivity contribution in [2.75, 3.05) is 7.11 Å². The van der Waals surface area contributed by atoms with Crippen LogP contribution in [0.2, 0.25) is 0 Å². The van der Waals surface area contributed by atoms with Crippen LogP contribution in [-0.2, 0) is 0 Å². The minimum absolute atomic E-state index is 0.107. The van der Waals surface area contributed by atoms with E-state index in [9.17, 15) is 9.90 Å². The van der Waals surface area contributed by atoms with Crippen LogP contribution in [0, 0.1) is 0 Å². The Labute approximate surface area is 112 Å². The van der Waals surface area contributed by atoms with Crippen LogP contribution in [0.15, 0.2) is 45.6 Å². The maximum Gasteiger partial charge on any atom is 0.396 e. The predicted octanol–water partition coefficient (Wildman–Crippen LogP) is 3.24. The molecule has 19 heavy (non-hydrogen) atoms. The van der Waals surface area contributed by atoms with Crippen molar-refractivity contribution < 1.29 is 14.3 Å². The summed E-state index contributed by atoms with van der Waals surface area (Å²) in [7, 11) is 1.60. The van der Waals surface area contributed by atoms with Crippen molar-refractivity contribution in [2.24, 2.45) is 0 Å². The molecule has 3 rings (SSSR count). The summed E-state index contributed by atoms with van der Waals surface area (Å²) in [6.45, 7) is 0. The van der Waals surface area contributed by atoms with E-state index in [1.165, 1.54) is 6.07 Å². The fourth-order valence-electron chi connectivity index (χ4n) is 1.95. The van der Waals surface area contributed by atoms with Crippen LogP contribution in [0.3, 0.4) is 0 Å². The van der Waals surface area contributed by atoms with Gasteiger partial charge in [-0.15, -0.1) is 0 Å². The SMILES string of the molecule is COc1ccc(-c2cc(O)cc3sc(=O)oc23)cc1. The van der Waals surface area contributed by atoms with Gasteiger partial charge in [0.2, 0.25) is 0 Å². The quantitative estimate of drug-likeness (QED) is 0.779. The van der Waals surface area contributed by atoms with Crippen LogP contribution >= 0.6 is 11.3 Å². The zero-order valence-corrected chi connectivity index (χ0v) is 10.9. The van der Waals surface area contributed by atoms with Gasteiger partial charge in [0, 0.05) is 11.6 Å². The van der Waals surface area contributed by atoms with E-state index in [-0.39, 0.29) is 10.7 Å². The van der Waals surface area contributed by atoms with Gasteiger partial charge in [-0.1, -0.05) is 23.5 Å². The largest absolute Gasteiger partial charge is 0.508 e. The second-order valence-electron chi connectivity index (χ2n) is 4.00. The van der Waals surface area contributed by atoms with Crippen LogP contribution in [0.1, 0.15) is 0 Å². The number of ether oxygens (including phenoxy) is 1. The van der Waals surface area contributed by atoms with Gasteiger partial charge in [0.05, 0.1) is 11.8 Å². The minimum Gasteiger partial charge on any atom is -0.508 e. The molecular formula is C14H10O4S. The molecule has 0 saturated heterocycles. The van der Waals surface area contributed by atoms with Crippen molar-refractivity contribution in [3.05, 3.63) is 46.1 Å². The van der Waals surface area contributed by atoms with Crippen LogP contribution in [0.5, 0.6) is 11.5 Å². The molecule has 96 valence electrons.